The van der Waals surface area contributed by atoms with Gasteiger partial charge in [-0.25, -0.2) is 20.0 Å². The molecule has 1 aromatic carbocycles. The number of aromatic nitrogens is 2. The Bertz CT molecular complexity index is 1340. The van der Waals surface area contributed by atoms with Crippen molar-refractivity contribution in [1.29, 1.82) is 0 Å². The monoisotopic (exact) mass is 463 g/mol. The van der Waals surface area contributed by atoms with Gasteiger partial charge in [0.1, 0.15) is 18.2 Å². The summed E-state index contributed by atoms with van der Waals surface area (Å²) in [5.41, 5.74) is 2.44. The highest BCUT2D eigenvalue weighted by Gasteiger charge is 2.24. The molecule has 178 valence electrons. The minimum atomic E-state index is -0.309. The fraction of sp³-hybridized carbons (Fsp3) is 0.375. The molecule has 3 aromatic rings. The number of carbonyl (C=O) groups is 1. The van der Waals surface area contributed by atoms with Gasteiger partial charge in [0.2, 0.25) is 0 Å². The predicted molar refractivity (Wildman–Crippen MR) is 128 cm³/mol. The highest BCUT2D eigenvalue weighted by atomic mass is 16.3. The van der Waals surface area contributed by atoms with E-state index in [4.69, 9.17) is 4.42 Å². The molecular formula is C24H29N7O3. The molecule has 1 aliphatic heterocycles. The van der Waals surface area contributed by atoms with E-state index in [0.717, 1.165) is 17.1 Å². The lowest BCUT2D eigenvalue weighted by Gasteiger charge is -2.22. The Kier molecular flexibility index (Phi) is 6.23. The number of furan rings is 1. The van der Waals surface area contributed by atoms with E-state index in [-0.39, 0.29) is 35.8 Å². The molecule has 0 unspecified atom stereocenters. The Balaban J connectivity index is 1.76. The number of nitrogens with one attached hydrogen (secondary N) is 2. The zero-order valence-electron chi connectivity index (χ0n) is 20.2. The van der Waals surface area contributed by atoms with Crippen molar-refractivity contribution in [3.8, 4) is 5.75 Å². The number of aromatic hydroxyl groups is 1. The lowest BCUT2D eigenvalue weighted by atomic mass is 10.0. The fourth-order valence-corrected chi connectivity index (χ4v) is 3.64. The number of benzene rings is 1. The zero-order chi connectivity index (χ0) is 24.6. The maximum absolute atomic E-state index is 12.5. The second-order valence-corrected chi connectivity index (χ2v) is 8.81. The van der Waals surface area contributed by atoms with Crippen LogP contribution in [0.5, 0.6) is 5.75 Å². The Hall–Kier alpha value is -3.95. The Morgan fingerprint density at radius 1 is 1.12 bits per heavy atom. The van der Waals surface area contributed by atoms with Gasteiger partial charge in [-0.1, -0.05) is 19.9 Å². The first kappa shape index (κ1) is 23.2. The Morgan fingerprint density at radius 3 is 2.38 bits per heavy atom. The molecule has 3 heterocycles. The van der Waals surface area contributed by atoms with Crippen molar-refractivity contribution in [2.45, 2.75) is 33.7 Å². The van der Waals surface area contributed by atoms with Crippen LogP contribution >= 0.6 is 0 Å². The molecule has 1 amide bonds. The highest BCUT2D eigenvalue weighted by Crippen LogP contribution is 2.34. The molecule has 10 nitrogen and oxygen atoms in total. The number of para-hydroxylation sites is 1. The Morgan fingerprint density at radius 2 is 1.79 bits per heavy atom. The third-order valence-electron chi connectivity index (χ3n) is 5.68. The fourth-order valence-electron chi connectivity index (χ4n) is 3.64. The average Bonchev–Trinajstić information content (AvgIpc) is 3.37. The molecule has 0 spiro atoms. The number of anilines is 3. The van der Waals surface area contributed by atoms with Crippen molar-refractivity contribution < 1.29 is 14.3 Å². The average molecular weight is 464 g/mol. The van der Waals surface area contributed by atoms with E-state index in [0.29, 0.717) is 28.3 Å². The van der Waals surface area contributed by atoms with Crippen molar-refractivity contribution in [2.75, 3.05) is 31.4 Å². The van der Waals surface area contributed by atoms with Gasteiger partial charge in [0.15, 0.2) is 28.4 Å². The summed E-state index contributed by atoms with van der Waals surface area (Å²) in [6.45, 7) is 8.37. The molecular weight excluding hydrogens is 434 g/mol. The number of carbonyl (C=O) groups excluding carboxylic acids is 1. The number of hydrogen-bond acceptors (Lipinski definition) is 9. The summed E-state index contributed by atoms with van der Waals surface area (Å²) in [6.07, 6.45) is 0. The molecule has 0 aliphatic carbocycles. The van der Waals surface area contributed by atoms with Gasteiger partial charge >= 0.3 is 0 Å². The molecule has 34 heavy (non-hydrogen) atoms. The molecule has 0 saturated carbocycles. The van der Waals surface area contributed by atoms with E-state index >= 15 is 0 Å². The van der Waals surface area contributed by atoms with Crippen LogP contribution in [-0.2, 0) is 0 Å². The number of aryl methyl sites for hydroxylation is 2. The van der Waals surface area contributed by atoms with E-state index in [1.807, 2.05) is 19.9 Å². The van der Waals surface area contributed by atoms with E-state index in [2.05, 4.69) is 44.4 Å². The molecule has 4 rings (SSSR count). The first-order valence-electron chi connectivity index (χ1n) is 11.1. The van der Waals surface area contributed by atoms with E-state index in [9.17, 15) is 9.90 Å². The van der Waals surface area contributed by atoms with Crippen LogP contribution in [0.4, 0.5) is 17.3 Å². The van der Waals surface area contributed by atoms with Crippen LogP contribution in [0.15, 0.2) is 38.7 Å². The molecule has 1 atom stereocenters. The summed E-state index contributed by atoms with van der Waals surface area (Å²) in [5, 5.41) is 17.4. The van der Waals surface area contributed by atoms with Gasteiger partial charge in [0, 0.05) is 14.1 Å². The molecule has 10 heteroatoms. The molecule has 0 radical (unpaired) electrons. The maximum atomic E-state index is 12.5. The van der Waals surface area contributed by atoms with Gasteiger partial charge in [0.05, 0.1) is 17.3 Å². The number of phenolic OH excluding ortho intramolecular Hbond substituents is 1. The first-order valence-corrected chi connectivity index (χ1v) is 11.1. The zero-order valence-corrected chi connectivity index (χ0v) is 20.2. The number of hydrogen-bond donors (Lipinski definition) is 3. The van der Waals surface area contributed by atoms with Crippen molar-refractivity contribution in [3.63, 3.8) is 0 Å². The largest absolute Gasteiger partial charge is 0.505 e. The quantitative estimate of drug-likeness (QED) is 0.460. The minimum Gasteiger partial charge on any atom is -0.505 e. The Labute approximate surface area is 197 Å². The SMILES string of the molecule is Cc1cc([C@H](Nc2nc3c(nc2Nc2cccc(C(=O)N(C)C)c2O)=NCN=3)C(C)C)oc1C. The topological polar surface area (TPSA) is 128 Å². The summed E-state index contributed by atoms with van der Waals surface area (Å²) < 4.78 is 5.99. The van der Waals surface area contributed by atoms with E-state index < -0.39 is 0 Å². The molecule has 0 saturated heterocycles. The normalized spacial score (nSPS) is 13.1. The van der Waals surface area contributed by atoms with Crippen LogP contribution in [0, 0.1) is 19.8 Å². The number of phenols is 1. The van der Waals surface area contributed by atoms with Crippen LogP contribution in [0.3, 0.4) is 0 Å². The van der Waals surface area contributed by atoms with Crippen LogP contribution in [0.25, 0.3) is 0 Å². The molecule has 3 N–H and O–H groups in total. The highest BCUT2D eigenvalue weighted by molar-refractivity contribution is 5.98. The third kappa shape index (κ3) is 4.43. The van der Waals surface area contributed by atoms with E-state index in [1.165, 1.54) is 4.90 Å². The van der Waals surface area contributed by atoms with Gasteiger partial charge in [-0.3, -0.25) is 4.79 Å². The summed E-state index contributed by atoms with van der Waals surface area (Å²) >= 11 is 0. The second-order valence-electron chi connectivity index (χ2n) is 8.81. The molecule has 2 aromatic heterocycles. The van der Waals surface area contributed by atoms with Crippen molar-refractivity contribution in [1.82, 2.24) is 14.9 Å². The van der Waals surface area contributed by atoms with Gasteiger partial charge in [-0.15, -0.1) is 0 Å². The van der Waals surface area contributed by atoms with E-state index in [1.54, 1.807) is 32.3 Å². The molecule has 0 fully saturated rings. The van der Waals surface area contributed by atoms with Crippen LogP contribution in [0.2, 0.25) is 0 Å². The van der Waals surface area contributed by atoms with Crippen LogP contribution in [-0.4, -0.2) is 46.6 Å². The van der Waals surface area contributed by atoms with Gasteiger partial charge in [-0.05, 0) is 43.5 Å². The van der Waals surface area contributed by atoms with Gasteiger partial charge in [-0.2, -0.15) is 0 Å². The number of nitrogens with zero attached hydrogens (tertiary/aromatic N) is 5. The standard InChI is InChI=1S/C24H29N7O3/c1-12(2)18(17-10-13(3)14(4)34-17)28-23-22(29-20-21(30-23)26-11-25-20)27-16-9-7-8-15(19(16)32)24(33)31(5)6/h7-10,12,18,32H,11H2,1-6H3,(H,25,27,29)(H,26,28,30)/t18-/m1/s1. The van der Waals surface area contributed by atoms with Crippen molar-refractivity contribution in [3.05, 3.63) is 57.9 Å². The smallest absolute Gasteiger partial charge is 0.257 e. The second kappa shape index (κ2) is 9.12. The first-order chi connectivity index (χ1) is 16.2. The summed E-state index contributed by atoms with van der Waals surface area (Å²) in [6, 6.07) is 6.76. The molecule has 1 aliphatic rings. The minimum absolute atomic E-state index is 0.170. The van der Waals surface area contributed by atoms with Crippen molar-refractivity contribution in [2.24, 2.45) is 15.9 Å². The lowest BCUT2D eigenvalue weighted by molar-refractivity contribution is 0.0824. The summed E-state index contributed by atoms with van der Waals surface area (Å²) in [5.74, 6) is 2.14. The van der Waals surface area contributed by atoms with Gasteiger partial charge in [0.25, 0.3) is 5.91 Å². The lowest BCUT2D eigenvalue weighted by Crippen LogP contribution is -2.32. The van der Waals surface area contributed by atoms with Crippen molar-refractivity contribution >= 4 is 23.2 Å². The van der Waals surface area contributed by atoms with Crippen LogP contribution < -0.4 is 21.6 Å². The third-order valence-corrected chi connectivity index (χ3v) is 5.68. The maximum Gasteiger partial charge on any atom is 0.257 e. The number of amides is 1. The summed E-state index contributed by atoms with van der Waals surface area (Å²) in [7, 11) is 3.26. The van der Waals surface area contributed by atoms with Crippen LogP contribution in [0.1, 0.15) is 47.3 Å². The summed E-state index contributed by atoms with van der Waals surface area (Å²) in [4.78, 5) is 31.7. The molecule has 0 bridgehead atoms. The number of fused-ring (bicyclic) bond motifs is 1. The number of rotatable bonds is 7. The van der Waals surface area contributed by atoms with Gasteiger partial charge < -0.3 is 25.1 Å². The predicted octanol–water partition coefficient (Wildman–Crippen LogP) is 2.86.